The summed E-state index contributed by atoms with van der Waals surface area (Å²) < 4.78 is 39.9. The second kappa shape index (κ2) is 30.0. The van der Waals surface area contributed by atoms with Crippen molar-refractivity contribution in [1.82, 2.24) is 10.3 Å². The lowest BCUT2D eigenvalue weighted by molar-refractivity contribution is -0.870. The third kappa shape index (κ3) is 24.6. The topological polar surface area (TPSA) is 202 Å². The summed E-state index contributed by atoms with van der Waals surface area (Å²) in [6, 6.07) is 3.50. The fourth-order valence-corrected chi connectivity index (χ4v) is 7.37. The summed E-state index contributed by atoms with van der Waals surface area (Å²) in [7, 11) is 1.17. The van der Waals surface area contributed by atoms with Gasteiger partial charge in [0.15, 0.2) is 11.6 Å². The SMILES string of the molecule is CCCCCCCCCCCCCCCC(=O)OC[C@H](COP(=O)(O)OCC[N+](C)(C)C)OC(=O)C(CCCCC(CCCCC)[N+](=O)[O-])Nc1cccc2nonc12. The summed E-state index contributed by atoms with van der Waals surface area (Å²) in [5.41, 5.74) is 1.31. The number of rotatable bonds is 37. The Balaban J connectivity index is 2.03. The van der Waals surface area contributed by atoms with Crippen LogP contribution in [0.15, 0.2) is 22.8 Å². The average molecular weight is 857 g/mol. The molecular formula is C42H75N5O11P+. The van der Waals surface area contributed by atoms with Gasteiger partial charge in [-0.1, -0.05) is 116 Å². The van der Waals surface area contributed by atoms with Gasteiger partial charge in [-0.2, -0.15) is 0 Å². The van der Waals surface area contributed by atoms with Gasteiger partial charge in [0.05, 0.1) is 33.4 Å². The highest BCUT2D eigenvalue weighted by atomic mass is 31.2. The van der Waals surface area contributed by atoms with Crippen LogP contribution in [0.25, 0.3) is 11.0 Å². The van der Waals surface area contributed by atoms with E-state index < -0.39 is 51.2 Å². The maximum Gasteiger partial charge on any atom is 0.472 e. The van der Waals surface area contributed by atoms with Crippen molar-refractivity contribution in [3.8, 4) is 0 Å². The molecule has 2 N–H and O–H groups in total. The fraction of sp³-hybridized carbons (Fsp3) is 0.810. The van der Waals surface area contributed by atoms with Crippen molar-refractivity contribution in [2.75, 3.05) is 52.8 Å². The van der Waals surface area contributed by atoms with Crippen molar-refractivity contribution in [2.45, 2.75) is 173 Å². The minimum absolute atomic E-state index is 0.0554. The van der Waals surface area contributed by atoms with Crippen LogP contribution in [0, 0.1) is 10.1 Å². The third-order valence-corrected chi connectivity index (χ3v) is 11.2. The molecule has 0 aliphatic carbocycles. The molecule has 0 amide bonds. The quantitative estimate of drug-likeness (QED) is 0.0162. The predicted molar refractivity (Wildman–Crippen MR) is 228 cm³/mol. The van der Waals surface area contributed by atoms with Crippen LogP contribution in [0.4, 0.5) is 5.69 Å². The molecule has 0 spiro atoms. The van der Waals surface area contributed by atoms with Gasteiger partial charge in [0.25, 0.3) is 0 Å². The van der Waals surface area contributed by atoms with E-state index in [4.69, 9.17) is 23.2 Å². The number of anilines is 1. The Kier molecular flexibility index (Phi) is 26.4. The van der Waals surface area contributed by atoms with Crippen molar-refractivity contribution < 1.29 is 51.6 Å². The van der Waals surface area contributed by atoms with E-state index in [1.807, 2.05) is 21.1 Å². The number of hydrogen-bond acceptors (Lipinski definition) is 13. The molecule has 1 heterocycles. The van der Waals surface area contributed by atoms with E-state index in [1.165, 1.54) is 57.8 Å². The van der Waals surface area contributed by atoms with E-state index in [1.54, 1.807) is 18.2 Å². The van der Waals surface area contributed by atoms with Crippen LogP contribution in [0.2, 0.25) is 0 Å². The summed E-state index contributed by atoms with van der Waals surface area (Å²) in [5.74, 6) is -1.22. The number of carbonyl (C=O) groups is 2. The molecule has 17 heteroatoms. The van der Waals surface area contributed by atoms with Crippen LogP contribution in [0.3, 0.4) is 0 Å². The number of hydrogen-bond donors (Lipinski definition) is 2. The van der Waals surface area contributed by atoms with Gasteiger partial charge >= 0.3 is 19.8 Å². The summed E-state index contributed by atoms with van der Waals surface area (Å²) in [6.45, 7) is 3.69. The van der Waals surface area contributed by atoms with Gasteiger partial charge in [0.1, 0.15) is 31.3 Å². The number of nitrogens with one attached hydrogen (secondary N) is 1. The normalized spacial score (nSPS) is 14.4. The summed E-state index contributed by atoms with van der Waals surface area (Å²) in [4.78, 5) is 48.6. The number of aromatic nitrogens is 2. The zero-order valence-electron chi connectivity index (χ0n) is 36.6. The van der Waals surface area contributed by atoms with Crippen LogP contribution < -0.4 is 5.32 Å². The highest BCUT2D eigenvalue weighted by Crippen LogP contribution is 2.43. The molecule has 338 valence electrons. The van der Waals surface area contributed by atoms with E-state index in [2.05, 4.69) is 29.5 Å². The van der Waals surface area contributed by atoms with Crippen molar-refractivity contribution in [3.05, 3.63) is 28.3 Å². The largest absolute Gasteiger partial charge is 0.472 e. The molecule has 1 aromatic heterocycles. The first-order valence-corrected chi connectivity index (χ1v) is 23.6. The first-order chi connectivity index (χ1) is 28.2. The average Bonchev–Trinajstić information content (AvgIpc) is 3.67. The number of quaternary nitrogens is 1. The van der Waals surface area contributed by atoms with Crippen LogP contribution in [-0.2, 0) is 32.7 Å². The standard InChI is InChI=1S/C42H74N5O11P/c1-6-8-10-11-12-13-14-15-16-17-18-19-21-30-40(48)54-33-36(34-56-59(52,53)55-32-31-47(3,4)5)57-42(49)39(43-37-28-24-29-38-41(37)45-58-44-38)27-23-22-26-35(46(50)51)25-20-9-7-2/h24,28-29,35-36,39H,6-23,25-27,30-34H2,1-5H3,(H-,43,44,52,53)/p+1/t35?,36-,39?/m1/s1. The summed E-state index contributed by atoms with van der Waals surface area (Å²) >= 11 is 0. The number of benzene rings is 1. The lowest BCUT2D eigenvalue weighted by atomic mass is 10.0. The molecule has 0 aliphatic rings. The highest BCUT2D eigenvalue weighted by molar-refractivity contribution is 7.47. The molecule has 59 heavy (non-hydrogen) atoms. The number of esters is 2. The second-order valence-corrected chi connectivity index (χ2v) is 18.2. The third-order valence-electron chi connectivity index (χ3n) is 10.3. The molecule has 0 radical (unpaired) electrons. The van der Waals surface area contributed by atoms with Crippen molar-refractivity contribution in [1.29, 1.82) is 0 Å². The number of unbranched alkanes of at least 4 members (excludes halogenated alkanes) is 15. The number of phosphoric ester groups is 1. The van der Waals surface area contributed by atoms with Gasteiger partial charge in [-0.05, 0) is 48.1 Å². The Morgan fingerprint density at radius 2 is 1.41 bits per heavy atom. The molecule has 1 aromatic carbocycles. The van der Waals surface area contributed by atoms with Gasteiger partial charge in [-0.15, -0.1) is 0 Å². The van der Waals surface area contributed by atoms with Crippen LogP contribution in [-0.4, -0.2) is 102 Å². The molecule has 4 atom stereocenters. The van der Waals surface area contributed by atoms with Gasteiger partial charge in [-0.3, -0.25) is 24.0 Å². The predicted octanol–water partition coefficient (Wildman–Crippen LogP) is 9.57. The van der Waals surface area contributed by atoms with Crippen molar-refractivity contribution in [3.63, 3.8) is 0 Å². The molecule has 2 aromatic rings. The molecular weight excluding hydrogens is 781 g/mol. The molecule has 0 bridgehead atoms. The maximum atomic E-state index is 13.9. The van der Waals surface area contributed by atoms with Gasteiger partial charge in [0, 0.05) is 24.2 Å². The second-order valence-electron chi connectivity index (χ2n) is 16.7. The van der Waals surface area contributed by atoms with Crippen LogP contribution in [0.5, 0.6) is 0 Å². The first-order valence-electron chi connectivity index (χ1n) is 22.1. The van der Waals surface area contributed by atoms with E-state index in [-0.39, 0.29) is 24.4 Å². The first kappa shape index (κ1) is 52.0. The Morgan fingerprint density at radius 1 is 0.831 bits per heavy atom. The molecule has 3 unspecified atom stereocenters. The zero-order chi connectivity index (χ0) is 43.4. The lowest BCUT2D eigenvalue weighted by Crippen LogP contribution is -2.38. The summed E-state index contributed by atoms with van der Waals surface area (Å²) in [6.07, 6.45) is 19.0. The lowest BCUT2D eigenvalue weighted by Gasteiger charge is -2.25. The Bertz CT molecular complexity index is 1500. The summed E-state index contributed by atoms with van der Waals surface area (Å²) in [5, 5.41) is 22.7. The van der Waals surface area contributed by atoms with Crippen LogP contribution >= 0.6 is 7.82 Å². The molecule has 0 aliphatic heterocycles. The smallest absolute Gasteiger partial charge is 0.462 e. The van der Waals surface area contributed by atoms with E-state index >= 15 is 0 Å². The minimum Gasteiger partial charge on any atom is -0.462 e. The highest BCUT2D eigenvalue weighted by Gasteiger charge is 2.30. The number of fused-ring (bicyclic) bond motifs is 1. The van der Waals surface area contributed by atoms with E-state index in [0.29, 0.717) is 59.9 Å². The molecule has 2 rings (SSSR count). The minimum atomic E-state index is -4.55. The molecule has 0 saturated carbocycles. The van der Waals surface area contributed by atoms with E-state index in [0.717, 1.165) is 38.5 Å². The van der Waals surface area contributed by atoms with Gasteiger partial charge < -0.3 is 24.2 Å². The fourth-order valence-electron chi connectivity index (χ4n) is 6.63. The van der Waals surface area contributed by atoms with Gasteiger partial charge in [0.2, 0.25) is 6.04 Å². The Morgan fingerprint density at radius 3 is 2.02 bits per heavy atom. The molecule has 16 nitrogen and oxygen atoms in total. The van der Waals surface area contributed by atoms with Crippen molar-refractivity contribution >= 4 is 36.5 Å². The van der Waals surface area contributed by atoms with Crippen LogP contribution in [0.1, 0.15) is 155 Å². The molecule has 0 saturated heterocycles. The molecule has 0 fully saturated rings. The number of nitro groups is 1. The monoisotopic (exact) mass is 857 g/mol. The number of ether oxygens (including phenoxy) is 2. The van der Waals surface area contributed by atoms with Crippen molar-refractivity contribution in [2.24, 2.45) is 0 Å². The zero-order valence-corrected chi connectivity index (χ0v) is 37.5. The Labute approximate surface area is 352 Å². The number of likely N-dealkylation sites (N-methyl/N-ethyl adjacent to an activating group) is 1. The van der Waals surface area contributed by atoms with Gasteiger partial charge in [-0.25, -0.2) is 14.0 Å². The number of phosphoric acid groups is 1. The number of carbonyl (C=O) groups excluding carboxylic acids is 2. The number of nitrogens with zero attached hydrogens (tertiary/aromatic N) is 4. The Hall–Kier alpha value is -3.17. The van der Waals surface area contributed by atoms with E-state index in [9.17, 15) is 29.2 Å². The maximum absolute atomic E-state index is 13.9.